The van der Waals surface area contributed by atoms with Gasteiger partial charge in [0.15, 0.2) is 0 Å². The van der Waals surface area contributed by atoms with Gasteiger partial charge < -0.3 is 15.2 Å². The molecule has 0 saturated carbocycles. The van der Waals surface area contributed by atoms with Crippen molar-refractivity contribution in [2.24, 2.45) is 0 Å². The SMILES string of the molecule is COC(C)(C)CCOc1cccc(Cl)c1N. The van der Waals surface area contributed by atoms with Crippen molar-refractivity contribution in [1.82, 2.24) is 0 Å². The van der Waals surface area contributed by atoms with Gasteiger partial charge in [-0.2, -0.15) is 0 Å². The third-order valence-corrected chi connectivity index (χ3v) is 2.86. The molecule has 1 rings (SSSR count). The van der Waals surface area contributed by atoms with Gasteiger partial charge in [-0.25, -0.2) is 0 Å². The number of para-hydroxylation sites is 1. The largest absolute Gasteiger partial charge is 0.491 e. The second-order valence-corrected chi connectivity index (χ2v) is 4.62. The minimum atomic E-state index is -0.187. The summed E-state index contributed by atoms with van der Waals surface area (Å²) in [5.41, 5.74) is 6.08. The molecule has 0 saturated heterocycles. The average Bonchev–Trinajstić information content (AvgIpc) is 2.24. The number of rotatable bonds is 5. The van der Waals surface area contributed by atoms with Crippen molar-refractivity contribution in [3.8, 4) is 5.75 Å². The summed E-state index contributed by atoms with van der Waals surface area (Å²) in [6.07, 6.45) is 0.787. The van der Waals surface area contributed by atoms with Gasteiger partial charge >= 0.3 is 0 Å². The smallest absolute Gasteiger partial charge is 0.143 e. The van der Waals surface area contributed by atoms with Gasteiger partial charge in [0.1, 0.15) is 5.75 Å². The molecule has 0 radical (unpaired) electrons. The molecule has 1 aromatic carbocycles. The standard InChI is InChI=1S/C12H18ClNO2/c1-12(2,15-3)7-8-16-10-6-4-5-9(13)11(10)14/h4-6H,7-8,14H2,1-3H3. The van der Waals surface area contributed by atoms with Crippen LogP contribution in [0.4, 0.5) is 5.69 Å². The van der Waals surface area contributed by atoms with Crippen LogP contribution in [0.3, 0.4) is 0 Å². The molecule has 0 fully saturated rings. The molecule has 0 bridgehead atoms. The van der Waals surface area contributed by atoms with Gasteiger partial charge in [0, 0.05) is 13.5 Å². The monoisotopic (exact) mass is 243 g/mol. The third kappa shape index (κ3) is 3.58. The van der Waals surface area contributed by atoms with E-state index in [9.17, 15) is 0 Å². The number of anilines is 1. The molecule has 3 nitrogen and oxygen atoms in total. The number of hydrogen-bond acceptors (Lipinski definition) is 3. The van der Waals surface area contributed by atoms with Crippen LogP contribution < -0.4 is 10.5 Å². The highest BCUT2D eigenvalue weighted by molar-refractivity contribution is 6.33. The lowest BCUT2D eigenvalue weighted by atomic mass is 10.1. The molecule has 0 unspecified atom stereocenters. The van der Waals surface area contributed by atoms with Crippen LogP contribution in [0.1, 0.15) is 20.3 Å². The maximum absolute atomic E-state index is 5.88. The van der Waals surface area contributed by atoms with E-state index in [0.29, 0.717) is 23.1 Å². The average molecular weight is 244 g/mol. The minimum absolute atomic E-state index is 0.187. The summed E-state index contributed by atoms with van der Waals surface area (Å²) < 4.78 is 10.9. The van der Waals surface area contributed by atoms with Gasteiger partial charge in [0.05, 0.1) is 22.9 Å². The molecule has 90 valence electrons. The van der Waals surface area contributed by atoms with E-state index in [4.69, 9.17) is 26.8 Å². The van der Waals surface area contributed by atoms with Crippen LogP contribution >= 0.6 is 11.6 Å². The fraction of sp³-hybridized carbons (Fsp3) is 0.500. The van der Waals surface area contributed by atoms with Gasteiger partial charge in [-0.3, -0.25) is 0 Å². The Morgan fingerprint density at radius 2 is 2.06 bits per heavy atom. The molecule has 0 aliphatic heterocycles. The van der Waals surface area contributed by atoms with Crippen LogP contribution in [0.25, 0.3) is 0 Å². The lowest BCUT2D eigenvalue weighted by Gasteiger charge is -2.22. The summed E-state index contributed by atoms with van der Waals surface area (Å²) >= 11 is 5.88. The Balaban J connectivity index is 2.53. The summed E-state index contributed by atoms with van der Waals surface area (Å²) in [7, 11) is 1.69. The summed E-state index contributed by atoms with van der Waals surface area (Å²) in [4.78, 5) is 0. The van der Waals surface area contributed by atoms with Gasteiger partial charge in [-0.1, -0.05) is 17.7 Å². The first kappa shape index (κ1) is 13.1. The van der Waals surface area contributed by atoms with E-state index in [1.165, 1.54) is 0 Å². The van der Waals surface area contributed by atoms with Crippen LogP contribution in [-0.2, 0) is 4.74 Å². The zero-order chi connectivity index (χ0) is 12.2. The second kappa shape index (κ2) is 5.41. The van der Waals surface area contributed by atoms with Gasteiger partial charge in [-0.15, -0.1) is 0 Å². The first-order valence-corrected chi connectivity index (χ1v) is 5.56. The maximum Gasteiger partial charge on any atom is 0.143 e. The van der Waals surface area contributed by atoms with Crippen molar-refractivity contribution in [3.63, 3.8) is 0 Å². The maximum atomic E-state index is 5.88. The fourth-order valence-electron chi connectivity index (χ4n) is 1.15. The molecule has 0 aliphatic rings. The van der Waals surface area contributed by atoms with Crippen LogP contribution in [0.5, 0.6) is 5.75 Å². The Hall–Kier alpha value is -0.930. The number of benzene rings is 1. The molecule has 16 heavy (non-hydrogen) atoms. The van der Waals surface area contributed by atoms with Gasteiger partial charge in [0.2, 0.25) is 0 Å². The summed E-state index contributed by atoms with van der Waals surface area (Å²) in [5.74, 6) is 0.624. The van der Waals surface area contributed by atoms with Gasteiger partial charge in [0.25, 0.3) is 0 Å². The topological polar surface area (TPSA) is 44.5 Å². The lowest BCUT2D eigenvalue weighted by molar-refractivity contribution is 0.00551. The number of halogens is 1. The van der Waals surface area contributed by atoms with Crippen LogP contribution in [-0.4, -0.2) is 19.3 Å². The van der Waals surface area contributed by atoms with E-state index < -0.39 is 0 Å². The van der Waals surface area contributed by atoms with Crippen molar-refractivity contribution in [2.75, 3.05) is 19.5 Å². The van der Waals surface area contributed by atoms with Crippen molar-refractivity contribution in [1.29, 1.82) is 0 Å². The normalized spacial score (nSPS) is 11.5. The Bertz CT molecular complexity index is 353. The number of ether oxygens (including phenoxy) is 2. The lowest BCUT2D eigenvalue weighted by Crippen LogP contribution is -2.25. The molecule has 0 atom stereocenters. The van der Waals surface area contributed by atoms with Crippen molar-refractivity contribution >= 4 is 17.3 Å². The van der Waals surface area contributed by atoms with E-state index in [0.717, 1.165) is 6.42 Å². The summed E-state index contributed by atoms with van der Waals surface area (Å²) in [6, 6.07) is 5.36. The molecule has 0 aromatic heterocycles. The first-order chi connectivity index (χ1) is 7.46. The van der Waals surface area contributed by atoms with E-state index in [-0.39, 0.29) is 5.60 Å². The predicted molar refractivity (Wildman–Crippen MR) is 67.1 cm³/mol. The molecule has 2 N–H and O–H groups in total. The van der Waals surface area contributed by atoms with Crippen LogP contribution in [0.2, 0.25) is 5.02 Å². The minimum Gasteiger partial charge on any atom is -0.491 e. The summed E-state index contributed by atoms with van der Waals surface area (Å²) in [6.45, 7) is 4.57. The van der Waals surface area contributed by atoms with Crippen LogP contribution in [0, 0.1) is 0 Å². The Kier molecular flexibility index (Phi) is 4.44. The highest BCUT2D eigenvalue weighted by Crippen LogP contribution is 2.29. The molecule has 4 heteroatoms. The quantitative estimate of drug-likeness (QED) is 0.809. The van der Waals surface area contributed by atoms with Crippen molar-refractivity contribution in [3.05, 3.63) is 23.2 Å². The van der Waals surface area contributed by atoms with E-state index in [2.05, 4.69) is 0 Å². The third-order valence-electron chi connectivity index (χ3n) is 2.53. The molecule has 1 aromatic rings. The van der Waals surface area contributed by atoms with E-state index >= 15 is 0 Å². The first-order valence-electron chi connectivity index (χ1n) is 5.18. The molecule has 0 aliphatic carbocycles. The number of hydrogen-bond donors (Lipinski definition) is 1. The Labute approximate surface area is 101 Å². The fourth-order valence-corrected chi connectivity index (χ4v) is 1.32. The number of methoxy groups -OCH3 is 1. The number of nitrogen functional groups attached to an aromatic ring is 1. The molecule has 0 spiro atoms. The highest BCUT2D eigenvalue weighted by Gasteiger charge is 2.16. The Morgan fingerprint density at radius 1 is 1.38 bits per heavy atom. The summed E-state index contributed by atoms with van der Waals surface area (Å²) in [5, 5.41) is 0.517. The van der Waals surface area contributed by atoms with Crippen molar-refractivity contribution in [2.45, 2.75) is 25.9 Å². The molecular weight excluding hydrogens is 226 g/mol. The molecular formula is C12H18ClNO2. The van der Waals surface area contributed by atoms with Crippen molar-refractivity contribution < 1.29 is 9.47 Å². The second-order valence-electron chi connectivity index (χ2n) is 4.21. The molecule has 0 amide bonds. The number of nitrogens with two attached hydrogens (primary N) is 1. The predicted octanol–water partition coefficient (Wildman–Crippen LogP) is 3.12. The van der Waals surface area contributed by atoms with E-state index in [1.807, 2.05) is 19.9 Å². The molecule has 0 heterocycles. The van der Waals surface area contributed by atoms with Crippen LogP contribution in [0.15, 0.2) is 18.2 Å². The Morgan fingerprint density at radius 3 is 2.69 bits per heavy atom. The zero-order valence-corrected chi connectivity index (χ0v) is 10.7. The zero-order valence-electron chi connectivity index (χ0n) is 9.92. The van der Waals surface area contributed by atoms with Gasteiger partial charge in [-0.05, 0) is 26.0 Å². The van der Waals surface area contributed by atoms with E-state index in [1.54, 1.807) is 19.2 Å². The highest BCUT2D eigenvalue weighted by atomic mass is 35.5.